The summed E-state index contributed by atoms with van der Waals surface area (Å²) in [5, 5.41) is 4.87. The summed E-state index contributed by atoms with van der Waals surface area (Å²) in [5.74, 6) is 0. The summed E-state index contributed by atoms with van der Waals surface area (Å²) < 4.78 is 2.45. The first-order valence-corrected chi connectivity index (χ1v) is 25.3. The van der Waals surface area contributed by atoms with E-state index in [-0.39, 0.29) is 0 Å². The number of rotatable bonds is 7. The van der Waals surface area contributed by atoms with Crippen LogP contribution in [0, 0.1) is 0 Å². The number of anilines is 3. The second-order valence-electron chi connectivity index (χ2n) is 19.6. The third-order valence-corrected chi connectivity index (χ3v) is 15.7. The van der Waals surface area contributed by atoms with E-state index in [9.17, 15) is 0 Å². The average Bonchev–Trinajstić information content (AvgIpc) is 4.10. The Morgan fingerprint density at radius 2 is 0.767 bits per heavy atom. The maximum atomic E-state index is 2.49. The van der Waals surface area contributed by atoms with E-state index in [0.29, 0.717) is 0 Å². The normalized spacial score (nSPS) is 12.8. The van der Waals surface area contributed by atoms with Crippen LogP contribution in [0.4, 0.5) is 17.1 Å². The van der Waals surface area contributed by atoms with Gasteiger partial charge in [-0.3, -0.25) is 0 Å². The van der Waals surface area contributed by atoms with Gasteiger partial charge in [0.2, 0.25) is 0 Å². The SMILES string of the molecule is c1ccc(-c2cc(-c3ccccc3)cc(-n3c4ccccc4c4cc(-c5cccc(N(c6ccc7c(c6)C6(c8ccccc8-c8ccccc86)c6ccccc6-7)c6ccc7ccccc7c6)c5)ccc43)c2)cc1. The van der Waals surface area contributed by atoms with Crippen LogP contribution in [0.3, 0.4) is 0 Å². The first-order chi connectivity index (χ1) is 36.2. The zero-order valence-corrected chi connectivity index (χ0v) is 40.0. The summed E-state index contributed by atoms with van der Waals surface area (Å²) in [6.45, 7) is 0. The Balaban J connectivity index is 0.904. The van der Waals surface area contributed by atoms with Gasteiger partial charge in [0.05, 0.1) is 16.4 Å². The molecular weight excluding hydrogens is 881 g/mol. The second-order valence-corrected chi connectivity index (χ2v) is 19.6. The molecule has 2 nitrogen and oxygen atoms in total. The minimum atomic E-state index is -0.452. The van der Waals surface area contributed by atoms with E-state index in [1.54, 1.807) is 0 Å². The topological polar surface area (TPSA) is 8.17 Å². The molecule has 0 amide bonds. The Hall–Kier alpha value is -9.50. The van der Waals surface area contributed by atoms with E-state index in [1.165, 1.54) is 105 Å². The van der Waals surface area contributed by atoms with Gasteiger partial charge in [-0.1, -0.05) is 206 Å². The summed E-state index contributed by atoms with van der Waals surface area (Å²) in [4.78, 5) is 2.47. The molecule has 0 aliphatic heterocycles. The van der Waals surface area contributed by atoms with E-state index in [2.05, 4.69) is 289 Å². The van der Waals surface area contributed by atoms with Crippen molar-refractivity contribution in [1.29, 1.82) is 0 Å². The van der Waals surface area contributed by atoms with Crippen molar-refractivity contribution in [2.24, 2.45) is 0 Å². The number of hydrogen-bond donors (Lipinski definition) is 0. The molecule has 0 unspecified atom stereocenters. The minimum Gasteiger partial charge on any atom is -0.310 e. The maximum Gasteiger partial charge on any atom is 0.0726 e. The number of aromatic nitrogens is 1. The van der Waals surface area contributed by atoms with Gasteiger partial charge in [-0.25, -0.2) is 0 Å². The van der Waals surface area contributed by atoms with Crippen LogP contribution in [0.15, 0.2) is 279 Å². The molecule has 1 heterocycles. The highest BCUT2D eigenvalue weighted by Crippen LogP contribution is 2.63. The fraction of sp³-hybridized carbons (Fsp3) is 0.0141. The Morgan fingerprint density at radius 3 is 1.45 bits per heavy atom. The van der Waals surface area contributed by atoms with Gasteiger partial charge in [-0.15, -0.1) is 0 Å². The molecule has 0 fully saturated rings. The lowest BCUT2D eigenvalue weighted by atomic mass is 9.70. The summed E-state index contributed by atoms with van der Waals surface area (Å²) in [5.41, 5.74) is 24.0. The Labute approximate surface area is 425 Å². The van der Waals surface area contributed by atoms with Crippen molar-refractivity contribution in [1.82, 2.24) is 4.57 Å². The first kappa shape index (κ1) is 41.3. The molecular formula is C71H46N2. The van der Waals surface area contributed by atoms with Crippen molar-refractivity contribution < 1.29 is 0 Å². The standard InChI is InChI=1S/C71H46N2/c1-3-18-47(19-4-1)53-40-54(48-20-5-2-6-21-48)44-58(43-53)73-69-33-16-12-29-63(69)64-45-52(35-39-70(64)73)51-24-17-25-55(42-51)72(56-36-34-49-22-7-8-23-50(49)41-56)57-37-38-62-61-28-11-15-32-67(61)71(68(62)46-57)65-30-13-9-26-59(65)60-27-10-14-31-66(60)71/h1-46H. The molecule has 1 spiro atoms. The van der Waals surface area contributed by atoms with Crippen molar-refractivity contribution in [2.45, 2.75) is 5.41 Å². The average molecular weight is 927 g/mol. The van der Waals surface area contributed by atoms with Crippen LogP contribution >= 0.6 is 0 Å². The van der Waals surface area contributed by atoms with Gasteiger partial charge >= 0.3 is 0 Å². The van der Waals surface area contributed by atoms with Crippen LogP contribution in [0.1, 0.15) is 22.3 Å². The van der Waals surface area contributed by atoms with Crippen molar-refractivity contribution in [3.05, 3.63) is 301 Å². The smallest absolute Gasteiger partial charge is 0.0726 e. The monoisotopic (exact) mass is 926 g/mol. The van der Waals surface area contributed by atoms with Gasteiger partial charge in [0.1, 0.15) is 0 Å². The van der Waals surface area contributed by atoms with E-state index in [0.717, 1.165) is 28.3 Å². The van der Waals surface area contributed by atoms with Gasteiger partial charge in [-0.2, -0.15) is 0 Å². The molecule has 0 atom stereocenters. The number of nitrogens with zero attached hydrogens (tertiary/aromatic N) is 2. The lowest BCUT2D eigenvalue weighted by Crippen LogP contribution is -2.26. The second kappa shape index (κ2) is 16.3. The predicted octanol–water partition coefficient (Wildman–Crippen LogP) is 18.8. The summed E-state index contributed by atoms with van der Waals surface area (Å²) in [6, 6.07) is 103. The Kier molecular flexibility index (Phi) is 9.21. The number of para-hydroxylation sites is 1. The molecule has 0 saturated heterocycles. The van der Waals surface area contributed by atoms with Gasteiger partial charge in [0.25, 0.3) is 0 Å². The van der Waals surface area contributed by atoms with Crippen LogP contribution in [0.2, 0.25) is 0 Å². The van der Waals surface area contributed by atoms with E-state index in [1.807, 2.05) is 0 Å². The lowest BCUT2D eigenvalue weighted by Gasteiger charge is -2.32. The van der Waals surface area contributed by atoms with E-state index < -0.39 is 5.41 Å². The predicted molar refractivity (Wildman–Crippen MR) is 306 cm³/mol. The fourth-order valence-corrected chi connectivity index (χ4v) is 12.6. The van der Waals surface area contributed by atoms with Gasteiger partial charge in [0, 0.05) is 33.5 Å². The molecule has 0 bridgehead atoms. The molecule has 340 valence electrons. The van der Waals surface area contributed by atoms with Crippen LogP contribution in [0.25, 0.3) is 93.9 Å². The highest BCUT2D eigenvalue weighted by Gasteiger charge is 2.51. The number of fused-ring (bicyclic) bond motifs is 14. The Bertz CT molecular complexity index is 4210. The van der Waals surface area contributed by atoms with Crippen molar-refractivity contribution >= 4 is 49.6 Å². The summed E-state index contributed by atoms with van der Waals surface area (Å²) in [6.07, 6.45) is 0. The molecule has 2 aliphatic carbocycles. The molecule has 0 saturated carbocycles. The van der Waals surface area contributed by atoms with Crippen LogP contribution in [-0.4, -0.2) is 4.57 Å². The highest BCUT2D eigenvalue weighted by molar-refractivity contribution is 6.11. The molecule has 2 heteroatoms. The molecule has 73 heavy (non-hydrogen) atoms. The number of hydrogen-bond acceptors (Lipinski definition) is 1. The van der Waals surface area contributed by atoms with Gasteiger partial charge in [0.15, 0.2) is 0 Å². The molecule has 0 N–H and O–H groups in total. The zero-order chi connectivity index (χ0) is 48.0. The van der Waals surface area contributed by atoms with E-state index >= 15 is 0 Å². The zero-order valence-electron chi connectivity index (χ0n) is 40.0. The van der Waals surface area contributed by atoms with Gasteiger partial charge < -0.3 is 9.47 Å². The number of benzene rings is 12. The highest BCUT2D eigenvalue weighted by atomic mass is 15.1. The van der Waals surface area contributed by atoms with Crippen molar-refractivity contribution in [2.75, 3.05) is 4.90 Å². The molecule has 15 rings (SSSR count). The quantitative estimate of drug-likeness (QED) is 0.155. The molecule has 1 aromatic heterocycles. The summed E-state index contributed by atoms with van der Waals surface area (Å²) >= 11 is 0. The van der Waals surface area contributed by atoms with Crippen LogP contribution in [-0.2, 0) is 5.41 Å². The van der Waals surface area contributed by atoms with E-state index in [4.69, 9.17) is 0 Å². The first-order valence-electron chi connectivity index (χ1n) is 25.3. The van der Waals surface area contributed by atoms with Gasteiger partial charge in [-0.05, 0) is 161 Å². The molecule has 13 aromatic rings. The molecule has 0 radical (unpaired) electrons. The molecule has 12 aromatic carbocycles. The van der Waals surface area contributed by atoms with Crippen molar-refractivity contribution in [3.63, 3.8) is 0 Å². The van der Waals surface area contributed by atoms with Crippen LogP contribution < -0.4 is 4.90 Å². The van der Waals surface area contributed by atoms with Crippen LogP contribution in [0.5, 0.6) is 0 Å². The third-order valence-electron chi connectivity index (χ3n) is 15.7. The third kappa shape index (κ3) is 6.30. The molecule has 2 aliphatic rings. The maximum absolute atomic E-state index is 2.49. The largest absolute Gasteiger partial charge is 0.310 e. The lowest BCUT2D eigenvalue weighted by molar-refractivity contribution is 0.793. The Morgan fingerprint density at radius 1 is 0.260 bits per heavy atom. The fourth-order valence-electron chi connectivity index (χ4n) is 12.6. The summed E-state index contributed by atoms with van der Waals surface area (Å²) in [7, 11) is 0. The van der Waals surface area contributed by atoms with Crippen molar-refractivity contribution in [3.8, 4) is 61.3 Å². The minimum absolute atomic E-state index is 0.452.